The highest BCUT2D eigenvalue weighted by atomic mass is 16.6. The molecule has 8 nitrogen and oxygen atoms in total. The quantitative estimate of drug-likeness (QED) is 0.480. The Balaban J connectivity index is 2.03. The van der Waals surface area contributed by atoms with E-state index >= 15 is 0 Å². The predicted molar refractivity (Wildman–Crippen MR) is 117 cm³/mol. The first kappa shape index (κ1) is 21.6. The number of likely N-dealkylation sites (N-methyl/N-ethyl adjacent to an activating group) is 1. The number of carbonyl (C=O) groups excluding carboxylic acids is 2. The van der Waals surface area contributed by atoms with Gasteiger partial charge in [-0.05, 0) is 42.7 Å². The van der Waals surface area contributed by atoms with E-state index in [-0.39, 0.29) is 11.4 Å². The van der Waals surface area contributed by atoms with E-state index in [1.165, 1.54) is 36.3 Å². The van der Waals surface area contributed by atoms with Gasteiger partial charge in [-0.2, -0.15) is 0 Å². The summed E-state index contributed by atoms with van der Waals surface area (Å²) in [6, 6.07) is 15.1. The van der Waals surface area contributed by atoms with Crippen LogP contribution in [0.5, 0.6) is 0 Å². The van der Waals surface area contributed by atoms with Crippen molar-refractivity contribution in [1.29, 1.82) is 0 Å². The van der Waals surface area contributed by atoms with Crippen LogP contribution >= 0.6 is 0 Å². The summed E-state index contributed by atoms with van der Waals surface area (Å²) in [5.41, 5.74) is 2.70. The van der Waals surface area contributed by atoms with Gasteiger partial charge in [0.2, 0.25) is 0 Å². The summed E-state index contributed by atoms with van der Waals surface area (Å²) >= 11 is 0. The van der Waals surface area contributed by atoms with Crippen LogP contribution in [0.3, 0.4) is 0 Å². The first-order valence-corrected chi connectivity index (χ1v) is 9.59. The number of amides is 2. The van der Waals surface area contributed by atoms with Gasteiger partial charge in [-0.1, -0.05) is 36.4 Å². The molecule has 0 radical (unpaired) electrons. The van der Waals surface area contributed by atoms with Gasteiger partial charge in [-0.25, -0.2) is 0 Å². The summed E-state index contributed by atoms with van der Waals surface area (Å²) in [6.45, 7) is 3.74. The summed E-state index contributed by atoms with van der Waals surface area (Å²) in [7, 11) is 1.48. The molecule has 1 atom stereocenters. The van der Waals surface area contributed by atoms with Crippen LogP contribution in [-0.2, 0) is 4.79 Å². The Labute approximate surface area is 179 Å². The maximum Gasteiger partial charge on any atom is 0.273 e. The Morgan fingerprint density at radius 3 is 2.32 bits per heavy atom. The van der Waals surface area contributed by atoms with Crippen molar-refractivity contribution in [3.8, 4) is 0 Å². The molecule has 3 rings (SSSR count). The van der Waals surface area contributed by atoms with E-state index in [9.17, 15) is 19.7 Å². The van der Waals surface area contributed by atoms with Crippen LogP contribution < -0.4 is 5.32 Å². The number of nitrogens with zero attached hydrogens (tertiary/aromatic N) is 3. The number of hydrogen-bond donors (Lipinski definition) is 1. The lowest BCUT2D eigenvalue weighted by Gasteiger charge is -2.28. The summed E-state index contributed by atoms with van der Waals surface area (Å²) < 4.78 is 0. The second-order valence-corrected chi connectivity index (χ2v) is 7.14. The summed E-state index contributed by atoms with van der Waals surface area (Å²) in [5.74, 6) is -0.960. The molecule has 3 aromatic rings. The highest BCUT2D eigenvalue weighted by molar-refractivity contribution is 6.01. The van der Waals surface area contributed by atoms with Crippen LogP contribution in [0, 0.1) is 24.0 Å². The second-order valence-electron chi connectivity index (χ2n) is 7.14. The van der Waals surface area contributed by atoms with E-state index in [4.69, 9.17) is 0 Å². The van der Waals surface area contributed by atoms with Gasteiger partial charge in [-0.15, -0.1) is 0 Å². The molecule has 2 aromatic carbocycles. The molecule has 1 aromatic heterocycles. The zero-order valence-electron chi connectivity index (χ0n) is 17.4. The molecule has 0 aliphatic heterocycles. The fourth-order valence-corrected chi connectivity index (χ4v) is 3.35. The number of rotatable bonds is 6. The molecule has 1 heterocycles. The number of pyridine rings is 1. The molecule has 0 aliphatic carbocycles. The molecule has 0 aliphatic rings. The molecule has 158 valence electrons. The average Bonchev–Trinajstić information content (AvgIpc) is 2.76. The number of carbonyl (C=O) groups is 2. The SMILES string of the molecule is Cc1cccc(C)c1NC(=O)[C@@H](c1cccc([N+](=O)[O-])c1)N(C)C(=O)c1ccccn1. The summed E-state index contributed by atoms with van der Waals surface area (Å²) in [4.78, 5) is 42.4. The van der Waals surface area contributed by atoms with Crippen LogP contribution in [0.4, 0.5) is 11.4 Å². The molecule has 0 fully saturated rings. The van der Waals surface area contributed by atoms with Crippen molar-refractivity contribution >= 4 is 23.2 Å². The Morgan fingerprint density at radius 1 is 1.03 bits per heavy atom. The number of anilines is 1. The van der Waals surface area contributed by atoms with Gasteiger partial charge in [0, 0.05) is 31.1 Å². The van der Waals surface area contributed by atoms with Crippen LogP contribution in [0.25, 0.3) is 0 Å². The highest BCUT2D eigenvalue weighted by Gasteiger charge is 2.31. The number of nitro groups is 1. The Morgan fingerprint density at radius 2 is 1.71 bits per heavy atom. The molecule has 0 saturated heterocycles. The Kier molecular flexibility index (Phi) is 6.40. The number of benzene rings is 2. The van der Waals surface area contributed by atoms with E-state index in [1.807, 2.05) is 32.0 Å². The third-order valence-electron chi connectivity index (χ3n) is 4.97. The average molecular weight is 418 g/mol. The minimum absolute atomic E-state index is 0.166. The number of nitro benzene ring substituents is 1. The molecular formula is C23H22N4O4. The number of nitrogens with one attached hydrogen (secondary N) is 1. The topological polar surface area (TPSA) is 105 Å². The van der Waals surface area contributed by atoms with Gasteiger partial charge < -0.3 is 10.2 Å². The van der Waals surface area contributed by atoms with E-state index in [2.05, 4.69) is 10.3 Å². The molecule has 2 amide bonds. The monoisotopic (exact) mass is 418 g/mol. The lowest BCUT2D eigenvalue weighted by atomic mass is 10.0. The molecule has 0 bridgehead atoms. The summed E-state index contributed by atoms with van der Waals surface area (Å²) in [5, 5.41) is 14.2. The lowest BCUT2D eigenvalue weighted by Crippen LogP contribution is -2.39. The molecule has 0 unspecified atom stereocenters. The third kappa shape index (κ3) is 4.75. The van der Waals surface area contributed by atoms with Crippen molar-refractivity contribution in [2.24, 2.45) is 0 Å². The Bertz CT molecular complexity index is 1110. The first-order valence-electron chi connectivity index (χ1n) is 9.59. The maximum atomic E-state index is 13.4. The van der Waals surface area contributed by atoms with Gasteiger partial charge in [0.1, 0.15) is 11.7 Å². The smallest absolute Gasteiger partial charge is 0.273 e. The second kappa shape index (κ2) is 9.17. The third-order valence-corrected chi connectivity index (χ3v) is 4.97. The van der Waals surface area contributed by atoms with Crippen molar-refractivity contribution in [2.45, 2.75) is 19.9 Å². The van der Waals surface area contributed by atoms with E-state index in [0.29, 0.717) is 11.3 Å². The Hall–Kier alpha value is -4.07. The van der Waals surface area contributed by atoms with Crippen molar-refractivity contribution in [2.75, 3.05) is 12.4 Å². The van der Waals surface area contributed by atoms with Crippen molar-refractivity contribution < 1.29 is 14.5 Å². The first-order chi connectivity index (χ1) is 14.8. The number of non-ortho nitro benzene ring substituents is 1. The van der Waals surface area contributed by atoms with Crippen LogP contribution in [0.2, 0.25) is 0 Å². The predicted octanol–water partition coefficient (Wildman–Crippen LogP) is 4.06. The minimum Gasteiger partial charge on any atom is -0.324 e. The van der Waals surface area contributed by atoms with Crippen LogP contribution in [0.15, 0.2) is 66.9 Å². The van der Waals surface area contributed by atoms with Gasteiger partial charge in [0.05, 0.1) is 4.92 Å². The normalized spacial score (nSPS) is 11.5. The van der Waals surface area contributed by atoms with Crippen molar-refractivity contribution in [3.63, 3.8) is 0 Å². The zero-order valence-corrected chi connectivity index (χ0v) is 17.4. The van der Waals surface area contributed by atoms with Crippen molar-refractivity contribution in [1.82, 2.24) is 9.88 Å². The van der Waals surface area contributed by atoms with E-state index in [1.54, 1.807) is 24.3 Å². The molecular weight excluding hydrogens is 396 g/mol. The van der Waals surface area contributed by atoms with Crippen molar-refractivity contribution in [3.05, 3.63) is 99.4 Å². The fraction of sp³-hybridized carbons (Fsp3) is 0.174. The highest BCUT2D eigenvalue weighted by Crippen LogP contribution is 2.28. The minimum atomic E-state index is -1.10. The molecule has 1 N–H and O–H groups in total. The number of aromatic nitrogens is 1. The van der Waals surface area contributed by atoms with E-state index < -0.39 is 22.8 Å². The largest absolute Gasteiger partial charge is 0.324 e. The van der Waals surface area contributed by atoms with Gasteiger partial charge in [0.15, 0.2) is 0 Å². The molecule has 0 spiro atoms. The zero-order chi connectivity index (χ0) is 22.5. The molecule has 8 heteroatoms. The number of para-hydroxylation sites is 1. The van der Waals surface area contributed by atoms with Gasteiger partial charge in [-0.3, -0.25) is 24.7 Å². The van der Waals surface area contributed by atoms with E-state index in [0.717, 1.165) is 11.1 Å². The summed E-state index contributed by atoms with van der Waals surface area (Å²) in [6.07, 6.45) is 1.49. The molecule has 31 heavy (non-hydrogen) atoms. The van der Waals surface area contributed by atoms with Gasteiger partial charge in [0.25, 0.3) is 17.5 Å². The fourth-order valence-electron chi connectivity index (χ4n) is 3.35. The van der Waals surface area contributed by atoms with Crippen LogP contribution in [0.1, 0.15) is 33.2 Å². The maximum absolute atomic E-state index is 13.4. The van der Waals surface area contributed by atoms with Crippen LogP contribution in [-0.4, -0.2) is 33.7 Å². The standard InChI is InChI=1S/C23H22N4O4/c1-15-8-6-9-16(2)20(15)25-22(28)21(17-10-7-11-18(14-17)27(30)31)26(3)23(29)19-12-4-5-13-24-19/h4-14,21H,1-3H3,(H,25,28)/t21-/m1/s1. The van der Waals surface area contributed by atoms with Gasteiger partial charge >= 0.3 is 0 Å². The lowest BCUT2D eigenvalue weighted by molar-refractivity contribution is -0.384. The molecule has 0 saturated carbocycles. The number of aryl methyl sites for hydroxylation is 2. The number of hydrogen-bond acceptors (Lipinski definition) is 5.